The van der Waals surface area contributed by atoms with E-state index in [1.807, 2.05) is 24.3 Å². The number of benzene rings is 2. The van der Waals surface area contributed by atoms with Gasteiger partial charge in [-0.1, -0.05) is 28.1 Å². The minimum Gasteiger partial charge on any atom is -0.0603 e. The largest absolute Gasteiger partial charge is 0.506 e. The molecule has 63 valence electrons. The van der Waals surface area contributed by atoms with Crippen LogP contribution in [0.5, 0.6) is 0 Å². The summed E-state index contributed by atoms with van der Waals surface area (Å²) in [5.74, 6) is 0. The van der Waals surface area contributed by atoms with E-state index in [-0.39, 0.29) is 0 Å². The van der Waals surface area contributed by atoms with Crippen LogP contribution in [0.1, 0.15) is 0 Å². The lowest BCUT2D eigenvalue weighted by Crippen LogP contribution is -1.79. The predicted molar refractivity (Wildman–Crippen MR) is 56.8 cm³/mol. The predicted octanol–water partition coefficient (Wildman–Crippen LogP) is 3.19. The molecule has 0 atom stereocenters. The molecule has 0 aliphatic heterocycles. The molecular weight excluding hydrogens is 248 g/mol. The Labute approximate surface area is 88.4 Å². The summed E-state index contributed by atoms with van der Waals surface area (Å²) in [6, 6.07) is 12.4. The number of fused-ring (bicyclic) bond motifs is 1. The van der Waals surface area contributed by atoms with Crippen molar-refractivity contribution >= 4 is 38.4 Å². The Kier molecular flexibility index (Phi) is 2.38. The van der Waals surface area contributed by atoms with E-state index in [0.717, 1.165) is 15.2 Å². The summed E-state index contributed by atoms with van der Waals surface area (Å²) in [4.78, 5) is 0.652. The molecule has 0 aliphatic rings. The van der Waals surface area contributed by atoms with Crippen LogP contribution >= 0.6 is 15.9 Å². The van der Waals surface area contributed by atoms with Gasteiger partial charge in [0.05, 0.1) is 11.5 Å². The van der Waals surface area contributed by atoms with Gasteiger partial charge in [0, 0.05) is 14.1 Å². The summed E-state index contributed by atoms with van der Waals surface area (Å²) in [7, 11) is 0. The number of halogens is 1. The minimum absolute atomic E-state index is 0.481. The minimum atomic E-state index is 0.481. The third kappa shape index (κ3) is 1.49. The summed E-state index contributed by atoms with van der Waals surface area (Å²) < 4.78 is 11.7. The molecule has 1 radical (unpaired) electrons. The van der Waals surface area contributed by atoms with Crippen molar-refractivity contribution in [3.05, 3.63) is 40.9 Å². The average molecular weight is 253 g/mol. The summed E-state index contributed by atoms with van der Waals surface area (Å²) in [6.07, 6.45) is 0. The Morgan fingerprint density at radius 1 is 1.23 bits per heavy atom. The molecule has 2 rings (SSSR count). The SMILES string of the molecule is O=[S+]c1[c]ccc2c(Br)cccc12. The molecule has 0 aliphatic carbocycles. The molecule has 0 saturated heterocycles. The van der Waals surface area contributed by atoms with Crippen molar-refractivity contribution < 1.29 is 4.21 Å². The molecule has 0 amide bonds. The Balaban J connectivity index is 2.92. The quantitative estimate of drug-likeness (QED) is 0.713. The van der Waals surface area contributed by atoms with Crippen LogP contribution in [0.2, 0.25) is 0 Å². The maximum Gasteiger partial charge on any atom is 0.506 e. The zero-order chi connectivity index (χ0) is 9.26. The summed E-state index contributed by atoms with van der Waals surface area (Å²) in [5.41, 5.74) is 0. The summed E-state index contributed by atoms with van der Waals surface area (Å²) >= 11 is 3.92. The van der Waals surface area contributed by atoms with E-state index in [9.17, 15) is 4.21 Å². The van der Waals surface area contributed by atoms with E-state index in [4.69, 9.17) is 0 Å². The highest BCUT2D eigenvalue weighted by Gasteiger charge is 2.12. The van der Waals surface area contributed by atoms with Crippen LogP contribution in [-0.4, -0.2) is 0 Å². The van der Waals surface area contributed by atoms with Crippen molar-refractivity contribution in [2.45, 2.75) is 4.90 Å². The molecule has 2 aromatic rings. The first-order valence-corrected chi connectivity index (χ1v) is 5.25. The molecule has 2 aromatic carbocycles. The molecule has 1 nitrogen and oxygen atoms in total. The molecule has 13 heavy (non-hydrogen) atoms. The van der Waals surface area contributed by atoms with Crippen LogP contribution in [0, 0.1) is 6.07 Å². The fourth-order valence-electron chi connectivity index (χ4n) is 1.25. The summed E-state index contributed by atoms with van der Waals surface area (Å²) in [5, 5.41) is 2.01. The van der Waals surface area contributed by atoms with Crippen molar-refractivity contribution in [1.82, 2.24) is 0 Å². The Bertz CT molecular complexity index is 467. The van der Waals surface area contributed by atoms with E-state index in [1.165, 1.54) is 0 Å². The van der Waals surface area contributed by atoms with Gasteiger partial charge in [-0.3, -0.25) is 0 Å². The van der Waals surface area contributed by atoms with Gasteiger partial charge in [0.1, 0.15) is 0 Å². The first-order chi connectivity index (χ1) is 6.33. The second-order valence-electron chi connectivity index (χ2n) is 2.59. The number of rotatable bonds is 1. The van der Waals surface area contributed by atoms with Crippen molar-refractivity contribution in [3.63, 3.8) is 0 Å². The Hall–Kier alpha value is -0.800. The lowest BCUT2D eigenvalue weighted by molar-refractivity contribution is 0.605. The van der Waals surface area contributed by atoms with Gasteiger partial charge in [-0.15, -0.1) is 0 Å². The topological polar surface area (TPSA) is 17.1 Å². The van der Waals surface area contributed by atoms with Crippen LogP contribution < -0.4 is 0 Å². The van der Waals surface area contributed by atoms with Gasteiger partial charge < -0.3 is 0 Å². The van der Waals surface area contributed by atoms with Crippen molar-refractivity contribution in [2.75, 3.05) is 0 Å². The van der Waals surface area contributed by atoms with Crippen molar-refractivity contribution in [3.8, 4) is 0 Å². The first-order valence-electron chi connectivity index (χ1n) is 3.71. The molecule has 0 aromatic heterocycles. The zero-order valence-electron chi connectivity index (χ0n) is 6.58. The Morgan fingerprint density at radius 3 is 2.85 bits per heavy atom. The van der Waals surface area contributed by atoms with Crippen molar-refractivity contribution in [1.29, 1.82) is 0 Å². The van der Waals surface area contributed by atoms with Crippen LogP contribution in [0.3, 0.4) is 0 Å². The van der Waals surface area contributed by atoms with Crippen LogP contribution in [0.25, 0.3) is 10.8 Å². The van der Waals surface area contributed by atoms with Crippen LogP contribution in [-0.2, 0) is 15.9 Å². The van der Waals surface area contributed by atoms with E-state index >= 15 is 0 Å². The molecule has 0 N–H and O–H groups in total. The van der Waals surface area contributed by atoms with Gasteiger partial charge in [-0.2, -0.15) is 0 Å². The lowest BCUT2D eigenvalue weighted by atomic mass is 10.1. The van der Waals surface area contributed by atoms with E-state index in [0.29, 0.717) is 16.6 Å². The van der Waals surface area contributed by atoms with Crippen molar-refractivity contribution in [2.24, 2.45) is 0 Å². The molecule has 0 bridgehead atoms. The number of hydrogen-bond acceptors (Lipinski definition) is 1. The number of hydrogen-bond donors (Lipinski definition) is 0. The molecule has 0 unspecified atom stereocenters. The highest BCUT2D eigenvalue weighted by molar-refractivity contribution is 9.10. The highest BCUT2D eigenvalue weighted by atomic mass is 79.9. The summed E-state index contributed by atoms with van der Waals surface area (Å²) in [6.45, 7) is 0. The van der Waals surface area contributed by atoms with Gasteiger partial charge in [0.25, 0.3) is 0 Å². The van der Waals surface area contributed by atoms with E-state index in [1.54, 1.807) is 6.07 Å². The lowest BCUT2D eigenvalue weighted by Gasteiger charge is -1.96. The smallest absolute Gasteiger partial charge is 0.0603 e. The normalized spacial score (nSPS) is 10.2. The molecule has 3 heteroatoms. The third-order valence-corrected chi connectivity index (χ3v) is 3.04. The van der Waals surface area contributed by atoms with Gasteiger partial charge in [-0.25, -0.2) is 0 Å². The third-order valence-electron chi connectivity index (χ3n) is 1.85. The fourth-order valence-corrected chi connectivity index (χ4v) is 2.13. The van der Waals surface area contributed by atoms with Gasteiger partial charge in [-0.05, 0) is 18.2 Å². The van der Waals surface area contributed by atoms with E-state index in [2.05, 4.69) is 22.0 Å². The first kappa shape index (κ1) is 8.78. The molecule has 0 spiro atoms. The highest BCUT2D eigenvalue weighted by Crippen LogP contribution is 2.25. The molecule has 0 saturated carbocycles. The molecule has 0 heterocycles. The molecule has 0 fully saturated rings. The van der Waals surface area contributed by atoms with E-state index < -0.39 is 0 Å². The fraction of sp³-hybridized carbons (Fsp3) is 0. The second-order valence-corrected chi connectivity index (χ2v) is 4.02. The van der Waals surface area contributed by atoms with Gasteiger partial charge in [0.2, 0.25) is 0 Å². The average Bonchev–Trinajstić information content (AvgIpc) is 2.18. The maximum atomic E-state index is 10.7. The van der Waals surface area contributed by atoms with Gasteiger partial charge in [0.15, 0.2) is 0 Å². The van der Waals surface area contributed by atoms with Crippen LogP contribution in [0.4, 0.5) is 0 Å². The molecular formula is C10H5BrOS+. The standard InChI is InChI=1S/C10H5BrOS/c11-9-5-1-4-8-7(9)3-2-6-10(8)13-12/h1-5H/q+1. The second kappa shape index (κ2) is 3.52. The van der Waals surface area contributed by atoms with Gasteiger partial charge >= 0.3 is 16.6 Å². The zero-order valence-corrected chi connectivity index (χ0v) is 8.98. The maximum absolute atomic E-state index is 10.7. The monoisotopic (exact) mass is 252 g/mol. The Morgan fingerprint density at radius 2 is 2.08 bits per heavy atom. The van der Waals surface area contributed by atoms with Crippen LogP contribution in [0.15, 0.2) is 39.7 Å².